The lowest BCUT2D eigenvalue weighted by atomic mass is 10.1. The molecule has 2 aromatic carbocycles. The molecule has 0 aliphatic carbocycles. The molecule has 154 valence electrons. The van der Waals surface area contributed by atoms with Crippen LogP contribution in [0.4, 0.5) is 13.2 Å². The first-order chi connectivity index (χ1) is 13.0. The summed E-state index contributed by atoms with van der Waals surface area (Å²) < 4.78 is 72.3. The monoisotopic (exact) mass is 437 g/mol. The average molecular weight is 438 g/mol. The summed E-state index contributed by atoms with van der Waals surface area (Å²) >= 11 is 5.59. The second-order valence-corrected chi connectivity index (χ2v) is 8.02. The molecule has 2 aromatic rings. The summed E-state index contributed by atoms with van der Waals surface area (Å²) in [5.74, 6) is 0. The Morgan fingerprint density at radius 1 is 1.18 bits per heavy atom. The fourth-order valence-electron chi connectivity index (χ4n) is 2.18. The Labute approximate surface area is 166 Å². The number of benzene rings is 2. The van der Waals surface area contributed by atoms with E-state index in [-0.39, 0.29) is 22.6 Å². The van der Waals surface area contributed by atoms with Crippen molar-refractivity contribution in [3.05, 3.63) is 64.2 Å². The highest BCUT2D eigenvalue weighted by Gasteiger charge is 2.33. The van der Waals surface area contributed by atoms with Crippen molar-refractivity contribution in [1.29, 1.82) is 0 Å². The Morgan fingerprint density at radius 3 is 2.21 bits per heavy atom. The minimum atomic E-state index is -4.41. The molecule has 0 spiro atoms. The molecule has 3 rings (SSSR count). The molecule has 28 heavy (non-hydrogen) atoms. The van der Waals surface area contributed by atoms with Crippen molar-refractivity contribution in [2.24, 2.45) is 0 Å². The van der Waals surface area contributed by atoms with Crippen molar-refractivity contribution < 1.29 is 30.9 Å². The standard InChI is InChI=1S/C11H11ClF3NO.C7H8O3S/c12-10-3-7(6-17-8-4-16-5-8)1-2-9(10)11(13,14)15;1-6-2-4-7(5-3-6)11(8,9)10/h1-3,8,16H,4-6H2;2-5H,1H3,(H,8,9,10). The smallest absolute Gasteiger partial charge is 0.371 e. The molecule has 0 amide bonds. The Kier molecular flexibility index (Phi) is 7.46. The van der Waals surface area contributed by atoms with Gasteiger partial charge in [-0.05, 0) is 36.8 Å². The summed E-state index contributed by atoms with van der Waals surface area (Å²) in [6, 6.07) is 9.67. The van der Waals surface area contributed by atoms with E-state index < -0.39 is 21.9 Å². The van der Waals surface area contributed by atoms with Gasteiger partial charge >= 0.3 is 6.18 Å². The maximum absolute atomic E-state index is 12.4. The molecular formula is C18H19ClF3NO4S. The number of hydrogen-bond acceptors (Lipinski definition) is 4. The van der Waals surface area contributed by atoms with E-state index in [1.54, 1.807) is 12.1 Å². The van der Waals surface area contributed by atoms with Crippen molar-refractivity contribution in [2.45, 2.75) is 30.7 Å². The molecule has 1 saturated heterocycles. The molecule has 5 nitrogen and oxygen atoms in total. The summed E-state index contributed by atoms with van der Waals surface area (Å²) in [6.45, 7) is 3.70. The van der Waals surface area contributed by atoms with Crippen LogP contribution in [0.15, 0.2) is 47.4 Å². The largest absolute Gasteiger partial charge is 0.417 e. The highest BCUT2D eigenvalue weighted by molar-refractivity contribution is 7.85. The van der Waals surface area contributed by atoms with Gasteiger partial charge in [0.2, 0.25) is 0 Å². The summed E-state index contributed by atoms with van der Waals surface area (Å²) in [7, 11) is -4.02. The third-order valence-electron chi connectivity index (χ3n) is 3.89. The maximum atomic E-state index is 12.4. The van der Waals surface area contributed by atoms with Crippen molar-refractivity contribution in [2.75, 3.05) is 13.1 Å². The number of nitrogens with one attached hydrogen (secondary N) is 1. The van der Waals surface area contributed by atoms with Crippen LogP contribution in [0.2, 0.25) is 5.02 Å². The zero-order chi connectivity index (χ0) is 20.9. The molecule has 1 aliphatic heterocycles. The van der Waals surface area contributed by atoms with Crippen LogP contribution in [0.3, 0.4) is 0 Å². The van der Waals surface area contributed by atoms with Gasteiger partial charge in [-0.15, -0.1) is 0 Å². The lowest BCUT2D eigenvalue weighted by molar-refractivity contribution is -0.137. The molecule has 0 unspecified atom stereocenters. The molecule has 0 saturated carbocycles. The average Bonchev–Trinajstić information content (AvgIpc) is 2.52. The van der Waals surface area contributed by atoms with Crippen LogP contribution < -0.4 is 5.32 Å². The number of halogens is 4. The molecule has 2 N–H and O–H groups in total. The minimum absolute atomic E-state index is 0.0666. The molecule has 10 heteroatoms. The van der Waals surface area contributed by atoms with Crippen molar-refractivity contribution in [3.8, 4) is 0 Å². The predicted molar refractivity (Wildman–Crippen MR) is 98.9 cm³/mol. The van der Waals surface area contributed by atoms with Gasteiger partial charge in [-0.25, -0.2) is 0 Å². The van der Waals surface area contributed by atoms with Crippen molar-refractivity contribution >= 4 is 21.7 Å². The summed E-state index contributed by atoms with van der Waals surface area (Å²) in [5.41, 5.74) is 0.792. The topological polar surface area (TPSA) is 75.6 Å². The van der Waals surface area contributed by atoms with Gasteiger partial charge in [0.25, 0.3) is 10.1 Å². The highest BCUT2D eigenvalue weighted by Crippen LogP contribution is 2.35. The fourth-order valence-corrected chi connectivity index (χ4v) is 2.97. The second-order valence-electron chi connectivity index (χ2n) is 6.19. The molecule has 1 aliphatic rings. The van der Waals surface area contributed by atoms with Crippen LogP contribution in [-0.2, 0) is 27.6 Å². The van der Waals surface area contributed by atoms with E-state index in [0.29, 0.717) is 5.56 Å². The van der Waals surface area contributed by atoms with Gasteiger partial charge in [0.1, 0.15) is 0 Å². The van der Waals surface area contributed by atoms with Gasteiger partial charge in [-0.3, -0.25) is 4.55 Å². The van der Waals surface area contributed by atoms with E-state index in [0.717, 1.165) is 24.7 Å². The molecule has 0 radical (unpaired) electrons. The first kappa shape index (κ1) is 22.6. The predicted octanol–water partition coefficient (Wildman–Crippen LogP) is 4.09. The first-order valence-electron chi connectivity index (χ1n) is 8.19. The van der Waals surface area contributed by atoms with E-state index >= 15 is 0 Å². The van der Waals surface area contributed by atoms with Crippen molar-refractivity contribution in [1.82, 2.24) is 5.32 Å². The van der Waals surface area contributed by atoms with E-state index in [2.05, 4.69) is 5.32 Å². The summed E-state index contributed by atoms with van der Waals surface area (Å²) in [4.78, 5) is -0.0666. The Morgan fingerprint density at radius 2 is 1.79 bits per heavy atom. The van der Waals surface area contributed by atoms with Gasteiger partial charge in [0.15, 0.2) is 0 Å². The van der Waals surface area contributed by atoms with Gasteiger partial charge in [0.05, 0.1) is 28.2 Å². The molecular weight excluding hydrogens is 419 g/mol. The van der Waals surface area contributed by atoms with Crippen LogP contribution in [0.1, 0.15) is 16.7 Å². The van der Waals surface area contributed by atoms with Gasteiger partial charge in [-0.1, -0.05) is 35.4 Å². The van der Waals surface area contributed by atoms with Gasteiger partial charge in [0, 0.05) is 13.1 Å². The Balaban J connectivity index is 0.000000221. The first-order valence-corrected chi connectivity index (χ1v) is 10.0. The summed E-state index contributed by atoms with van der Waals surface area (Å²) in [5, 5.41) is 2.75. The molecule has 0 bridgehead atoms. The molecule has 1 fully saturated rings. The van der Waals surface area contributed by atoms with Crippen LogP contribution in [0, 0.1) is 6.92 Å². The maximum Gasteiger partial charge on any atom is 0.417 e. The SMILES string of the molecule is Cc1ccc(S(=O)(=O)O)cc1.FC(F)(F)c1ccc(COC2CNC2)cc1Cl. The number of aryl methyl sites for hydroxylation is 1. The third kappa shape index (κ3) is 6.75. The van der Waals surface area contributed by atoms with Crippen LogP contribution in [0.25, 0.3) is 0 Å². The highest BCUT2D eigenvalue weighted by atomic mass is 35.5. The lowest BCUT2D eigenvalue weighted by Gasteiger charge is -2.27. The van der Waals surface area contributed by atoms with Gasteiger partial charge < -0.3 is 10.1 Å². The second kappa shape index (κ2) is 9.23. The van der Waals surface area contributed by atoms with E-state index in [1.165, 1.54) is 24.3 Å². The van der Waals surface area contributed by atoms with E-state index in [1.807, 2.05) is 6.92 Å². The normalized spacial score (nSPS) is 14.8. The number of alkyl halides is 3. The summed E-state index contributed by atoms with van der Waals surface area (Å²) in [6.07, 6.45) is -4.26. The number of ether oxygens (including phenoxy) is 1. The van der Waals surface area contributed by atoms with Crippen LogP contribution >= 0.6 is 11.6 Å². The zero-order valence-corrected chi connectivity index (χ0v) is 16.4. The third-order valence-corrected chi connectivity index (χ3v) is 5.07. The van der Waals surface area contributed by atoms with Crippen molar-refractivity contribution in [3.63, 3.8) is 0 Å². The minimum Gasteiger partial charge on any atom is -0.371 e. The lowest BCUT2D eigenvalue weighted by Crippen LogP contribution is -2.48. The number of rotatable bonds is 4. The fraction of sp³-hybridized carbons (Fsp3) is 0.333. The Hall–Kier alpha value is -1.65. The van der Waals surface area contributed by atoms with E-state index in [4.69, 9.17) is 20.9 Å². The molecule has 1 heterocycles. The van der Waals surface area contributed by atoms with Crippen LogP contribution in [-0.4, -0.2) is 32.2 Å². The number of hydrogen-bond donors (Lipinski definition) is 2. The van der Waals surface area contributed by atoms with Crippen LogP contribution in [0.5, 0.6) is 0 Å². The Bertz CT molecular complexity index is 898. The molecule has 0 atom stereocenters. The van der Waals surface area contributed by atoms with Gasteiger partial charge in [-0.2, -0.15) is 21.6 Å². The zero-order valence-electron chi connectivity index (χ0n) is 14.8. The quantitative estimate of drug-likeness (QED) is 0.705. The van der Waals surface area contributed by atoms with E-state index in [9.17, 15) is 21.6 Å². The molecule has 0 aromatic heterocycles.